The molecular weight excluding hydrogens is 190 g/mol. The molecule has 1 aromatic carbocycles. The van der Waals surface area contributed by atoms with Gasteiger partial charge in [-0.2, -0.15) is 0 Å². The Bertz CT molecular complexity index is 361. The summed E-state index contributed by atoms with van der Waals surface area (Å²) < 4.78 is 10.7. The fourth-order valence-corrected chi connectivity index (χ4v) is 1.70. The van der Waals surface area contributed by atoms with E-state index in [0.717, 1.165) is 24.5 Å². The van der Waals surface area contributed by atoms with Gasteiger partial charge in [0.1, 0.15) is 0 Å². The fraction of sp³-hybridized carbons (Fsp3) is 0.500. The van der Waals surface area contributed by atoms with Crippen LogP contribution in [0.5, 0.6) is 11.5 Å². The van der Waals surface area contributed by atoms with Crippen LogP contribution in [0, 0.1) is 6.92 Å². The number of hydrogen-bond acceptors (Lipinski definition) is 3. The lowest BCUT2D eigenvalue weighted by Gasteiger charge is -2.11. The minimum Gasteiger partial charge on any atom is -0.454 e. The highest BCUT2D eigenvalue weighted by atomic mass is 16.7. The van der Waals surface area contributed by atoms with Crippen LogP contribution < -0.4 is 9.47 Å². The van der Waals surface area contributed by atoms with Crippen molar-refractivity contribution in [1.82, 2.24) is 4.90 Å². The molecule has 0 bridgehead atoms. The summed E-state index contributed by atoms with van der Waals surface area (Å²) in [6.45, 7) is 3.53. The van der Waals surface area contributed by atoms with Crippen LogP contribution in [-0.4, -0.2) is 32.3 Å². The van der Waals surface area contributed by atoms with Gasteiger partial charge < -0.3 is 14.4 Å². The molecule has 0 fully saturated rings. The monoisotopic (exact) mass is 207 g/mol. The smallest absolute Gasteiger partial charge is 0.231 e. The first-order valence-electron chi connectivity index (χ1n) is 5.20. The van der Waals surface area contributed by atoms with Gasteiger partial charge in [-0.1, -0.05) is 0 Å². The van der Waals surface area contributed by atoms with Gasteiger partial charge in [-0.25, -0.2) is 0 Å². The van der Waals surface area contributed by atoms with Gasteiger partial charge in [-0.05, 0) is 50.7 Å². The van der Waals surface area contributed by atoms with Gasteiger partial charge in [0, 0.05) is 6.54 Å². The third kappa shape index (κ3) is 2.23. The lowest BCUT2D eigenvalue weighted by molar-refractivity contribution is 0.174. The van der Waals surface area contributed by atoms with Gasteiger partial charge in [0.05, 0.1) is 0 Å². The number of ether oxygens (including phenoxy) is 2. The predicted octanol–water partition coefficient (Wildman–Crippen LogP) is 1.83. The Morgan fingerprint density at radius 2 is 1.87 bits per heavy atom. The van der Waals surface area contributed by atoms with Crippen molar-refractivity contribution in [2.24, 2.45) is 0 Å². The molecule has 0 radical (unpaired) electrons. The quantitative estimate of drug-likeness (QED) is 0.754. The van der Waals surface area contributed by atoms with E-state index in [1.54, 1.807) is 0 Å². The van der Waals surface area contributed by atoms with E-state index in [9.17, 15) is 0 Å². The number of hydrogen-bond donors (Lipinski definition) is 0. The molecule has 0 N–H and O–H groups in total. The molecule has 3 nitrogen and oxygen atoms in total. The molecule has 0 saturated heterocycles. The summed E-state index contributed by atoms with van der Waals surface area (Å²) in [5.41, 5.74) is 2.62. The predicted molar refractivity (Wildman–Crippen MR) is 59.6 cm³/mol. The average molecular weight is 207 g/mol. The maximum Gasteiger partial charge on any atom is 0.231 e. The molecule has 0 saturated carbocycles. The van der Waals surface area contributed by atoms with Gasteiger partial charge in [-0.15, -0.1) is 0 Å². The molecule has 15 heavy (non-hydrogen) atoms. The van der Waals surface area contributed by atoms with Crippen molar-refractivity contribution in [3.8, 4) is 11.5 Å². The third-order valence-electron chi connectivity index (χ3n) is 2.66. The number of rotatable bonds is 3. The molecule has 1 aliphatic rings. The van der Waals surface area contributed by atoms with Crippen molar-refractivity contribution in [2.45, 2.75) is 13.3 Å². The number of aryl methyl sites for hydroxylation is 1. The van der Waals surface area contributed by atoms with E-state index >= 15 is 0 Å². The summed E-state index contributed by atoms with van der Waals surface area (Å²) >= 11 is 0. The van der Waals surface area contributed by atoms with Gasteiger partial charge in [0.2, 0.25) is 6.79 Å². The number of fused-ring (bicyclic) bond motifs is 1. The summed E-state index contributed by atoms with van der Waals surface area (Å²) in [6, 6.07) is 4.16. The lowest BCUT2D eigenvalue weighted by Crippen LogP contribution is -2.15. The Hall–Kier alpha value is -1.22. The molecule has 1 heterocycles. The van der Waals surface area contributed by atoms with Crippen LogP contribution in [0.15, 0.2) is 12.1 Å². The highest BCUT2D eigenvalue weighted by molar-refractivity contribution is 5.48. The Labute approximate surface area is 90.6 Å². The largest absolute Gasteiger partial charge is 0.454 e. The Morgan fingerprint density at radius 3 is 2.53 bits per heavy atom. The van der Waals surface area contributed by atoms with Crippen LogP contribution >= 0.6 is 0 Å². The zero-order valence-electron chi connectivity index (χ0n) is 9.54. The standard InChI is InChI=1S/C12H17NO2/c1-9-6-11-12(15-8-14-11)7-10(9)4-5-13(2)3/h6-7H,4-5,8H2,1-3H3. The minimum absolute atomic E-state index is 0.353. The summed E-state index contributed by atoms with van der Waals surface area (Å²) in [7, 11) is 4.17. The SMILES string of the molecule is Cc1cc2c(cc1CCN(C)C)OCO2. The third-order valence-corrected chi connectivity index (χ3v) is 2.66. The van der Waals surface area contributed by atoms with Crippen LogP contribution in [-0.2, 0) is 6.42 Å². The topological polar surface area (TPSA) is 21.7 Å². The summed E-state index contributed by atoms with van der Waals surface area (Å²) in [4.78, 5) is 2.18. The average Bonchev–Trinajstić information content (AvgIpc) is 2.60. The van der Waals surface area contributed by atoms with Gasteiger partial charge in [-0.3, -0.25) is 0 Å². The maximum absolute atomic E-state index is 5.37. The van der Waals surface area contributed by atoms with Crippen molar-refractivity contribution in [3.05, 3.63) is 23.3 Å². The van der Waals surface area contributed by atoms with E-state index in [-0.39, 0.29) is 0 Å². The molecule has 0 spiro atoms. The summed E-state index contributed by atoms with van der Waals surface area (Å²) in [6.07, 6.45) is 1.05. The summed E-state index contributed by atoms with van der Waals surface area (Å²) in [5.74, 6) is 1.76. The second-order valence-electron chi connectivity index (χ2n) is 4.19. The highest BCUT2D eigenvalue weighted by Crippen LogP contribution is 2.34. The second kappa shape index (κ2) is 4.11. The van der Waals surface area contributed by atoms with E-state index in [1.807, 2.05) is 0 Å². The van der Waals surface area contributed by atoms with Crippen molar-refractivity contribution in [1.29, 1.82) is 0 Å². The molecule has 0 aliphatic carbocycles. The Kier molecular flexibility index (Phi) is 2.82. The van der Waals surface area contributed by atoms with E-state index < -0.39 is 0 Å². The van der Waals surface area contributed by atoms with E-state index in [0.29, 0.717) is 6.79 Å². The fourth-order valence-electron chi connectivity index (χ4n) is 1.70. The first-order valence-corrected chi connectivity index (χ1v) is 5.20. The lowest BCUT2D eigenvalue weighted by atomic mass is 10.0. The number of likely N-dealkylation sites (N-methyl/N-ethyl adjacent to an activating group) is 1. The molecule has 82 valence electrons. The molecule has 3 heteroatoms. The highest BCUT2D eigenvalue weighted by Gasteiger charge is 2.15. The molecular formula is C12H17NO2. The van der Waals surface area contributed by atoms with Gasteiger partial charge in [0.25, 0.3) is 0 Å². The number of nitrogens with zero attached hydrogens (tertiary/aromatic N) is 1. The first-order chi connectivity index (χ1) is 7.16. The van der Waals surface area contributed by atoms with Crippen LogP contribution in [0.3, 0.4) is 0 Å². The van der Waals surface area contributed by atoms with Crippen molar-refractivity contribution in [3.63, 3.8) is 0 Å². The minimum atomic E-state index is 0.353. The van der Waals surface area contributed by atoms with Crippen LogP contribution in [0.2, 0.25) is 0 Å². The van der Waals surface area contributed by atoms with E-state index in [1.165, 1.54) is 11.1 Å². The van der Waals surface area contributed by atoms with Crippen molar-refractivity contribution >= 4 is 0 Å². The van der Waals surface area contributed by atoms with Gasteiger partial charge in [0.15, 0.2) is 11.5 Å². The zero-order chi connectivity index (χ0) is 10.8. The first kappa shape index (κ1) is 10.3. The molecule has 1 aromatic rings. The molecule has 0 amide bonds. The van der Waals surface area contributed by atoms with Crippen molar-refractivity contribution in [2.75, 3.05) is 27.4 Å². The molecule has 1 aliphatic heterocycles. The molecule has 0 atom stereocenters. The van der Waals surface area contributed by atoms with Gasteiger partial charge >= 0.3 is 0 Å². The van der Waals surface area contributed by atoms with Crippen molar-refractivity contribution < 1.29 is 9.47 Å². The second-order valence-corrected chi connectivity index (χ2v) is 4.19. The Balaban J connectivity index is 2.17. The normalized spacial score (nSPS) is 13.6. The van der Waals surface area contributed by atoms with E-state index in [2.05, 4.69) is 38.1 Å². The van der Waals surface area contributed by atoms with Crippen LogP contribution in [0.4, 0.5) is 0 Å². The molecule has 0 aromatic heterocycles. The summed E-state index contributed by atoms with van der Waals surface area (Å²) in [5, 5.41) is 0. The molecule has 0 unspecified atom stereocenters. The van der Waals surface area contributed by atoms with Crippen LogP contribution in [0.25, 0.3) is 0 Å². The van der Waals surface area contributed by atoms with E-state index in [4.69, 9.17) is 9.47 Å². The number of benzene rings is 1. The van der Waals surface area contributed by atoms with Crippen LogP contribution in [0.1, 0.15) is 11.1 Å². The maximum atomic E-state index is 5.37. The zero-order valence-corrected chi connectivity index (χ0v) is 9.54. The molecule has 2 rings (SSSR count). The Morgan fingerprint density at radius 1 is 1.20 bits per heavy atom.